The Balaban J connectivity index is 2.44. The van der Waals surface area contributed by atoms with Crippen LogP contribution in [0.2, 0.25) is 0 Å². The van der Waals surface area contributed by atoms with Gasteiger partial charge in [0.25, 0.3) is 5.91 Å². The van der Waals surface area contributed by atoms with Gasteiger partial charge in [-0.15, -0.1) is 0 Å². The van der Waals surface area contributed by atoms with Gasteiger partial charge in [0.15, 0.2) is 6.61 Å². The molecule has 19 heavy (non-hydrogen) atoms. The Labute approximate surface area is 116 Å². The van der Waals surface area contributed by atoms with E-state index in [-0.39, 0.29) is 12.5 Å². The molecule has 0 unspecified atom stereocenters. The van der Waals surface area contributed by atoms with Crippen LogP contribution in [0.1, 0.15) is 42.9 Å². The summed E-state index contributed by atoms with van der Waals surface area (Å²) in [6, 6.07) is 4.10. The molecule has 0 aliphatic carbocycles. The van der Waals surface area contributed by atoms with Crippen molar-refractivity contribution in [1.29, 1.82) is 0 Å². The molecule has 1 aromatic rings. The third-order valence-electron chi connectivity index (χ3n) is 3.32. The molecule has 1 N–H and O–H groups in total. The predicted molar refractivity (Wildman–Crippen MR) is 78.7 cm³/mol. The summed E-state index contributed by atoms with van der Waals surface area (Å²) in [6.07, 6.45) is 3.34. The van der Waals surface area contributed by atoms with E-state index >= 15 is 0 Å². The summed E-state index contributed by atoms with van der Waals surface area (Å²) in [6.45, 7) is 9.05. The van der Waals surface area contributed by atoms with Gasteiger partial charge in [-0.25, -0.2) is 0 Å². The number of nitrogens with one attached hydrogen (secondary N) is 1. The summed E-state index contributed by atoms with van der Waals surface area (Å²) in [5, 5.41) is 2.88. The Morgan fingerprint density at radius 2 is 1.84 bits per heavy atom. The summed E-state index contributed by atoms with van der Waals surface area (Å²) in [4.78, 5) is 11.7. The molecule has 0 fully saturated rings. The van der Waals surface area contributed by atoms with E-state index in [4.69, 9.17) is 4.74 Å². The minimum atomic E-state index is -0.0450. The lowest BCUT2D eigenvalue weighted by atomic mass is 10.1. The van der Waals surface area contributed by atoms with Gasteiger partial charge >= 0.3 is 0 Å². The van der Waals surface area contributed by atoms with E-state index in [0.717, 1.165) is 42.7 Å². The van der Waals surface area contributed by atoms with Gasteiger partial charge in [0.2, 0.25) is 0 Å². The fraction of sp³-hybridized carbons (Fsp3) is 0.562. The molecule has 0 heterocycles. The maximum Gasteiger partial charge on any atom is 0.257 e. The summed E-state index contributed by atoms with van der Waals surface area (Å²) in [5.74, 6) is 0.792. The lowest BCUT2D eigenvalue weighted by molar-refractivity contribution is -0.123. The Hall–Kier alpha value is -1.51. The van der Waals surface area contributed by atoms with E-state index in [9.17, 15) is 4.79 Å². The predicted octanol–water partition coefficient (Wildman–Crippen LogP) is 3.30. The highest BCUT2D eigenvalue weighted by molar-refractivity contribution is 5.77. The van der Waals surface area contributed by atoms with E-state index in [1.807, 2.05) is 26.8 Å². The van der Waals surface area contributed by atoms with Crippen molar-refractivity contribution < 1.29 is 9.53 Å². The third kappa shape index (κ3) is 4.93. The highest BCUT2D eigenvalue weighted by Crippen LogP contribution is 2.25. The second kappa shape index (κ2) is 7.82. The van der Waals surface area contributed by atoms with Crippen LogP contribution in [0.15, 0.2) is 12.1 Å². The van der Waals surface area contributed by atoms with E-state index in [1.54, 1.807) is 0 Å². The molecule has 3 heteroatoms. The smallest absolute Gasteiger partial charge is 0.257 e. The molecule has 1 rings (SSSR count). The van der Waals surface area contributed by atoms with Gasteiger partial charge in [0.05, 0.1) is 0 Å². The van der Waals surface area contributed by atoms with Crippen LogP contribution in [-0.2, 0) is 4.79 Å². The van der Waals surface area contributed by atoms with Crippen LogP contribution < -0.4 is 10.1 Å². The molecule has 0 saturated carbocycles. The number of ether oxygens (including phenoxy) is 1. The minimum Gasteiger partial charge on any atom is -0.483 e. The number of unbranched alkanes of at least 4 members (excludes halogenated alkanes) is 2. The first-order valence-electron chi connectivity index (χ1n) is 7.02. The number of aryl methyl sites for hydroxylation is 2. The molecule has 0 spiro atoms. The minimum absolute atomic E-state index is 0.0450. The summed E-state index contributed by atoms with van der Waals surface area (Å²) in [7, 11) is 0. The lowest BCUT2D eigenvalue weighted by Crippen LogP contribution is -2.29. The average molecular weight is 263 g/mol. The highest BCUT2D eigenvalue weighted by Gasteiger charge is 2.08. The normalized spacial score (nSPS) is 10.3. The number of benzene rings is 1. The molecule has 0 aliphatic rings. The topological polar surface area (TPSA) is 38.3 Å². The van der Waals surface area contributed by atoms with Crippen LogP contribution in [-0.4, -0.2) is 19.1 Å². The lowest BCUT2D eigenvalue weighted by Gasteiger charge is -2.13. The van der Waals surface area contributed by atoms with Crippen molar-refractivity contribution in [3.63, 3.8) is 0 Å². The molecule has 0 aliphatic heterocycles. The van der Waals surface area contributed by atoms with E-state index in [1.165, 1.54) is 5.56 Å². The van der Waals surface area contributed by atoms with E-state index in [2.05, 4.69) is 18.3 Å². The molecule has 3 nitrogen and oxygen atoms in total. The molecule has 0 radical (unpaired) electrons. The zero-order chi connectivity index (χ0) is 14.3. The fourth-order valence-electron chi connectivity index (χ4n) is 1.94. The molecular formula is C16H25NO2. The number of rotatable bonds is 7. The highest BCUT2D eigenvalue weighted by atomic mass is 16.5. The van der Waals surface area contributed by atoms with Gasteiger partial charge in [-0.3, -0.25) is 4.79 Å². The Morgan fingerprint density at radius 1 is 1.16 bits per heavy atom. The van der Waals surface area contributed by atoms with Gasteiger partial charge in [-0.2, -0.15) is 0 Å². The number of carbonyl (C=O) groups is 1. The Kier molecular flexibility index (Phi) is 6.40. The SMILES string of the molecule is CCCCCNC(=O)COc1c(C)ccc(C)c1C. The van der Waals surface area contributed by atoms with Crippen LogP contribution >= 0.6 is 0 Å². The van der Waals surface area contributed by atoms with Crippen molar-refractivity contribution in [3.8, 4) is 5.75 Å². The number of hydrogen-bond donors (Lipinski definition) is 1. The van der Waals surface area contributed by atoms with Crippen molar-refractivity contribution in [1.82, 2.24) is 5.32 Å². The average Bonchev–Trinajstić information content (AvgIpc) is 2.39. The first-order chi connectivity index (χ1) is 9.06. The van der Waals surface area contributed by atoms with Crippen molar-refractivity contribution in [2.45, 2.75) is 47.0 Å². The quantitative estimate of drug-likeness (QED) is 0.767. The van der Waals surface area contributed by atoms with Gasteiger partial charge < -0.3 is 10.1 Å². The van der Waals surface area contributed by atoms with Crippen LogP contribution in [0.5, 0.6) is 5.75 Å². The third-order valence-corrected chi connectivity index (χ3v) is 3.32. The molecule has 0 aromatic heterocycles. The molecular weight excluding hydrogens is 238 g/mol. The molecule has 0 bridgehead atoms. The maximum atomic E-state index is 11.7. The molecule has 0 saturated heterocycles. The number of hydrogen-bond acceptors (Lipinski definition) is 2. The zero-order valence-corrected chi connectivity index (χ0v) is 12.5. The second-order valence-electron chi connectivity index (χ2n) is 5.00. The Bertz CT molecular complexity index is 427. The molecule has 1 amide bonds. The zero-order valence-electron chi connectivity index (χ0n) is 12.5. The van der Waals surface area contributed by atoms with Gasteiger partial charge in [0, 0.05) is 6.54 Å². The standard InChI is InChI=1S/C16H25NO2/c1-5-6-7-10-17-15(18)11-19-16-13(3)9-8-12(2)14(16)4/h8-9H,5-7,10-11H2,1-4H3,(H,17,18). The molecule has 106 valence electrons. The summed E-state index contributed by atoms with van der Waals surface area (Å²) in [5.41, 5.74) is 3.37. The Morgan fingerprint density at radius 3 is 2.53 bits per heavy atom. The largest absolute Gasteiger partial charge is 0.483 e. The fourth-order valence-corrected chi connectivity index (χ4v) is 1.94. The first kappa shape index (κ1) is 15.5. The van der Waals surface area contributed by atoms with Gasteiger partial charge in [-0.05, 0) is 43.9 Å². The van der Waals surface area contributed by atoms with Crippen LogP contribution in [0, 0.1) is 20.8 Å². The number of carbonyl (C=O) groups excluding carboxylic acids is 1. The van der Waals surface area contributed by atoms with Crippen molar-refractivity contribution >= 4 is 5.91 Å². The second-order valence-corrected chi connectivity index (χ2v) is 5.00. The number of amides is 1. The van der Waals surface area contributed by atoms with Crippen LogP contribution in [0.3, 0.4) is 0 Å². The van der Waals surface area contributed by atoms with E-state index < -0.39 is 0 Å². The van der Waals surface area contributed by atoms with Gasteiger partial charge in [-0.1, -0.05) is 31.9 Å². The first-order valence-corrected chi connectivity index (χ1v) is 7.02. The van der Waals surface area contributed by atoms with Gasteiger partial charge in [0.1, 0.15) is 5.75 Å². The monoisotopic (exact) mass is 263 g/mol. The summed E-state index contributed by atoms with van der Waals surface area (Å²) < 4.78 is 5.66. The van der Waals surface area contributed by atoms with Crippen LogP contribution in [0.4, 0.5) is 0 Å². The van der Waals surface area contributed by atoms with Crippen molar-refractivity contribution in [2.75, 3.05) is 13.2 Å². The van der Waals surface area contributed by atoms with E-state index in [0.29, 0.717) is 0 Å². The maximum absolute atomic E-state index is 11.7. The molecule has 0 atom stereocenters. The molecule has 1 aromatic carbocycles. The van der Waals surface area contributed by atoms with Crippen molar-refractivity contribution in [2.24, 2.45) is 0 Å². The van der Waals surface area contributed by atoms with Crippen LogP contribution in [0.25, 0.3) is 0 Å². The summed E-state index contributed by atoms with van der Waals surface area (Å²) >= 11 is 0. The van der Waals surface area contributed by atoms with Crippen molar-refractivity contribution in [3.05, 3.63) is 28.8 Å².